The molecule has 2 rings (SSSR count). The number of amides is 2. The third kappa shape index (κ3) is 4.15. The van der Waals surface area contributed by atoms with Gasteiger partial charge in [0, 0.05) is 18.2 Å². The molecule has 1 aromatic carbocycles. The van der Waals surface area contributed by atoms with E-state index in [1.807, 2.05) is 0 Å². The van der Waals surface area contributed by atoms with Crippen LogP contribution < -0.4 is 20.1 Å². The summed E-state index contributed by atoms with van der Waals surface area (Å²) in [5.41, 5.74) is 0.481. The first-order valence-electron chi connectivity index (χ1n) is 7.47. The van der Waals surface area contributed by atoms with Crippen LogP contribution >= 0.6 is 0 Å². The lowest BCUT2D eigenvalue weighted by atomic mass is 10.2. The van der Waals surface area contributed by atoms with Gasteiger partial charge in [0.05, 0.1) is 14.2 Å². The second-order valence-corrected chi connectivity index (χ2v) is 5.30. The van der Waals surface area contributed by atoms with E-state index in [9.17, 15) is 14.4 Å². The van der Waals surface area contributed by atoms with Crippen molar-refractivity contribution in [3.63, 3.8) is 0 Å². The zero-order chi connectivity index (χ0) is 17.7. The molecule has 8 nitrogen and oxygen atoms in total. The van der Waals surface area contributed by atoms with Gasteiger partial charge in [-0.05, 0) is 25.5 Å². The van der Waals surface area contributed by atoms with Crippen molar-refractivity contribution in [1.29, 1.82) is 0 Å². The summed E-state index contributed by atoms with van der Waals surface area (Å²) in [4.78, 5) is 35.1. The van der Waals surface area contributed by atoms with Crippen molar-refractivity contribution in [2.45, 2.75) is 31.9 Å². The van der Waals surface area contributed by atoms with Crippen LogP contribution in [0.2, 0.25) is 0 Å². The minimum atomic E-state index is -0.997. The predicted molar refractivity (Wildman–Crippen MR) is 84.9 cm³/mol. The number of benzene rings is 1. The average molecular weight is 336 g/mol. The fraction of sp³-hybridized carbons (Fsp3) is 0.438. The maximum absolute atomic E-state index is 12.1. The highest BCUT2D eigenvalue weighted by atomic mass is 16.5. The summed E-state index contributed by atoms with van der Waals surface area (Å²) in [5.74, 6) is -0.296. The van der Waals surface area contributed by atoms with Gasteiger partial charge in [0.25, 0.3) is 5.91 Å². The van der Waals surface area contributed by atoms with E-state index in [1.165, 1.54) is 21.1 Å². The molecule has 0 saturated carbocycles. The molecule has 1 aliphatic rings. The molecule has 1 fully saturated rings. The van der Waals surface area contributed by atoms with Crippen molar-refractivity contribution in [3.8, 4) is 11.5 Å². The van der Waals surface area contributed by atoms with Gasteiger partial charge in [0.2, 0.25) is 5.91 Å². The second-order valence-electron chi connectivity index (χ2n) is 5.30. The van der Waals surface area contributed by atoms with Crippen molar-refractivity contribution in [2.75, 3.05) is 19.5 Å². The standard InChI is InChI=1S/C16H20N2O6/c1-9(24-16(21)11-5-7-14(19)18-11)15(20)17-10-4-6-12(22-2)13(8-10)23-3/h4,6,8-9,11H,5,7H2,1-3H3,(H,17,20)(H,18,19)/t9-,11-/m1/s1. The molecule has 0 aliphatic carbocycles. The SMILES string of the molecule is COc1ccc(NC(=O)[C@@H](C)OC(=O)[C@H]2CCC(=O)N2)cc1OC. The maximum atomic E-state index is 12.1. The summed E-state index contributed by atoms with van der Waals surface area (Å²) in [5, 5.41) is 5.13. The molecule has 2 atom stereocenters. The summed E-state index contributed by atoms with van der Waals surface area (Å²) >= 11 is 0. The van der Waals surface area contributed by atoms with E-state index in [2.05, 4.69) is 10.6 Å². The van der Waals surface area contributed by atoms with Gasteiger partial charge in [-0.15, -0.1) is 0 Å². The smallest absolute Gasteiger partial charge is 0.329 e. The van der Waals surface area contributed by atoms with Crippen LogP contribution in [0, 0.1) is 0 Å². The number of nitrogens with one attached hydrogen (secondary N) is 2. The predicted octanol–water partition coefficient (Wildman–Crippen LogP) is 0.853. The van der Waals surface area contributed by atoms with Crippen molar-refractivity contribution in [2.24, 2.45) is 0 Å². The number of methoxy groups -OCH3 is 2. The molecular formula is C16H20N2O6. The lowest BCUT2D eigenvalue weighted by molar-refractivity contribution is -0.155. The molecule has 24 heavy (non-hydrogen) atoms. The largest absolute Gasteiger partial charge is 0.493 e. The highest BCUT2D eigenvalue weighted by molar-refractivity contribution is 5.96. The van der Waals surface area contributed by atoms with Gasteiger partial charge in [0.15, 0.2) is 17.6 Å². The van der Waals surface area contributed by atoms with Crippen LogP contribution in [-0.2, 0) is 19.1 Å². The Morgan fingerprint density at radius 3 is 2.54 bits per heavy atom. The number of hydrogen-bond donors (Lipinski definition) is 2. The fourth-order valence-corrected chi connectivity index (χ4v) is 2.26. The Bertz CT molecular complexity index is 645. The van der Waals surface area contributed by atoms with Gasteiger partial charge in [0.1, 0.15) is 6.04 Å². The molecule has 2 N–H and O–H groups in total. The van der Waals surface area contributed by atoms with E-state index in [0.29, 0.717) is 23.6 Å². The van der Waals surface area contributed by atoms with E-state index in [0.717, 1.165) is 0 Å². The monoisotopic (exact) mass is 336 g/mol. The molecule has 8 heteroatoms. The van der Waals surface area contributed by atoms with Crippen LogP contribution in [0.25, 0.3) is 0 Å². The van der Waals surface area contributed by atoms with Gasteiger partial charge in [-0.25, -0.2) is 4.79 Å². The fourth-order valence-electron chi connectivity index (χ4n) is 2.26. The van der Waals surface area contributed by atoms with Crippen LogP contribution in [0.3, 0.4) is 0 Å². The quantitative estimate of drug-likeness (QED) is 0.747. The number of hydrogen-bond acceptors (Lipinski definition) is 6. The Labute approximate surface area is 139 Å². The number of carbonyl (C=O) groups is 3. The molecule has 0 spiro atoms. The normalized spacial score (nSPS) is 17.6. The van der Waals surface area contributed by atoms with Crippen molar-refractivity contribution >= 4 is 23.5 Å². The molecule has 1 heterocycles. The number of rotatable bonds is 6. The lowest BCUT2D eigenvalue weighted by Crippen LogP contribution is -2.39. The zero-order valence-electron chi connectivity index (χ0n) is 13.8. The van der Waals surface area contributed by atoms with Gasteiger partial charge in [-0.1, -0.05) is 0 Å². The van der Waals surface area contributed by atoms with E-state index >= 15 is 0 Å². The Balaban J connectivity index is 1.94. The van der Waals surface area contributed by atoms with Crippen molar-refractivity contribution < 1.29 is 28.6 Å². The van der Waals surface area contributed by atoms with Gasteiger partial charge in [-0.2, -0.15) is 0 Å². The molecule has 0 bridgehead atoms. The summed E-state index contributed by atoms with van der Waals surface area (Å²) < 4.78 is 15.4. The van der Waals surface area contributed by atoms with E-state index in [4.69, 9.17) is 14.2 Å². The second kappa shape index (κ2) is 7.67. The molecule has 0 aromatic heterocycles. The summed E-state index contributed by atoms with van der Waals surface area (Å²) in [7, 11) is 3.00. The lowest BCUT2D eigenvalue weighted by Gasteiger charge is -2.16. The van der Waals surface area contributed by atoms with Crippen molar-refractivity contribution in [3.05, 3.63) is 18.2 Å². The van der Waals surface area contributed by atoms with Crippen molar-refractivity contribution in [1.82, 2.24) is 5.32 Å². The molecule has 1 aliphatic heterocycles. The minimum Gasteiger partial charge on any atom is -0.493 e. The molecule has 130 valence electrons. The Morgan fingerprint density at radius 1 is 1.25 bits per heavy atom. The Morgan fingerprint density at radius 2 is 1.96 bits per heavy atom. The summed E-state index contributed by atoms with van der Waals surface area (Å²) in [6, 6.07) is 4.21. The van der Waals surface area contributed by atoms with Crippen LogP contribution in [0.1, 0.15) is 19.8 Å². The highest BCUT2D eigenvalue weighted by Gasteiger charge is 2.30. The average Bonchev–Trinajstić information content (AvgIpc) is 3.01. The van der Waals surface area contributed by atoms with E-state index in [-0.39, 0.29) is 12.3 Å². The van der Waals surface area contributed by atoms with E-state index in [1.54, 1.807) is 18.2 Å². The first-order valence-corrected chi connectivity index (χ1v) is 7.47. The van der Waals surface area contributed by atoms with Gasteiger partial charge < -0.3 is 24.8 Å². The maximum Gasteiger partial charge on any atom is 0.329 e. The summed E-state index contributed by atoms with van der Waals surface area (Å²) in [6.45, 7) is 1.46. The molecule has 1 aromatic rings. The Hall–Kier alpha value is -2.77. The molecule has 0 unspecified atom stereocenters. The number of carbonyl (C=O) groups excluding carboxylic acids is 3. The first kappa shape index (κ1) is 17.6. The molecule has 2 amide bonds. The van der Waals surface area contributed by atoms with Gasteiger partial charge in [-0.3, -0.25) is 9.59 Å². The van der Waals surface area contributed by atoms with Crippen LogP contribution in [-0.4, -0.2) is 44.1 Å². The number of anilines is 1. The minimum absolute atomic E-state index is 0.195. The summed E-state index contributed by atoms with van der Waals surface area (Å²) in [6.07, 6.45) is -0.337. The van der Waals surface area contributed by atoms with Crippen LogP contribution in [0.4, 0.5) is 5.69 Å². The zero-order valence-corrected chi connectivity index (χ0v) is 13.8. The van der Waals surface area contributed by atoms with Crippen LogP contribution in [0.15, 0.2) is 18.2 Å². The highest BCUT2D eigenvalue weighted by Crippen LogP contribution is 2.29. The molecule has 0 radical (unpaired) electrons. The third-order valence-corrected chi connectivity index (χ3v) is 3.59. The topological polar surface area (TPSA) is 103 Å². The van der Waals surface area contributed by atoms with E-state index < -0.39 is 24.0 Å². The Kier molecular flexibility index (Phi) is 5.62. The third-order valence-electron chi connectivity index (χ3n) is 3.59. The number of esters is 1. The first-order chi connectivity index (χ1) is 11.4. The van der Waals surface area contributed by atoms with Gasteiger partial charge >= 0.3 is 5.97 Å². The molecule has 1 saturated heterocycles. The van der Waals surface area contributed by atoms with Crippen LogP contribution in [0.5, 0.6) is 11.5 Å². The number of ether oxygens (including phenoxy) is 3. The molecular weight excluding hydrogens is 316 g/mol.